The van der Waals surface area contributed by atoms with Crippen molar-refractivity contribution in [3.63, 3.8) is 0 Å². The molecule has 0 aromatic carbocycles. The molecule has 0 bridgehead atoms. The number of aryl methyl sites for hydroxylation is 1. The Balaban J connectivity index is 2.22. The van der Waals surface area contributed by atoms with Gasteiger partial charge in [0.1, 0.15) is 11.4 Å². The van der Waals surface area contributed by atoms with E-state index in [1.54, 1.807) is 13.0 Å². The first kappa shape index (κ1) is 11.0. The summed E-state index contributed by atoms with van der Waals surface area (Å²) in [7, 11) is 0. The molecule has 3 N–H and O–H groups in total. The molecular weight excluding hydrogens is 219 g/mol. The van der Waals surface area contributed by atoms with Crippen LogP contribution in [0.5, 0.6) is 0 Å². The van der Waals surface area contributed by atoms with Crippen molar-refractivity contribution in [3.8, 4) is 0 Å². The lowest BCUT2D eigenvalue weighted by Gasteiger charge is -2.22. The second-order valence-electron chi connectivity index (χ2n) is 4.14. The Hall–Kier alpha value is -1.46. The number of hydrogen-bond donors (Lipinski definition) is 2. The number of nitrogens with one attached hydrogen (secondary N) is 1. The molecule has 6 heteroatoms. The quantitative estimate of drug-likeness (QED) is 0.822. The number of rotatable bonds is 2. The summed E-state index contributed by atoms with van der Waals surface area (Å²) in [5, 5.41) is 2.47. The number of nitrogens with zero attached hydrogens (tertiary/aromatic N) is 1. The van der Waals surface area contributed by atoms with Crippen LogP contribution in [-0.2, 0) is 0 Å². The van der Waals surface area contributed by atoms with Crippen LogP contribution in [0.25, 0.3) is 0 Å². The summed E-state index contributed by atoms with van der Waals surface area (Å²) in [5.41, 5.74) is 4.77. The lowest BCUT2D eigenvalue weighted by molar-refractivity contribution is -0.151. The lowest BCUT2D eigenvalue weighted by atomic mass is 10.2. The third-order valence-electron chi connectivity index (χ3n) is 2.75. The van der Waals surface area contributed by atoms with Gasteiger partial charge < -0.3 is 11.1 Å². The fourth-order valence-corrected chi connectivity index (χ4v) is 1.56. The van der Waals surface area contributed by atoms with Crippen LogP contribution in [0.3, 0.4) is 0 Å². The van der Waals surface area contributed by atoms with Gasteiger partial charge in [0.25, 0.3) is 0 Å². The van der Waals surface area contributed by atoms with E-state index >= 15 is 0 Å². The van der Waals surface area contributed by atoms with Gasteiger partial charge in [-0.25, -0.2) is 4.98 Å². The Labute approximate surface area is 90.9 Å². The molecule has 1 heterocycles. The molecule has 0 amide bonds. The molecule has 1 aromatic rings. The summed E-state index contributed by atoms with van der Waals surface area (Å²) >= 11 is 0. The summed E-state index contributed by atoms with van der Waals surface area (Å²) in [6.45, 7) is 1.68. The molecule has 0 aliphatic heterocycles. The van der Waals surface area contributed by atoms with Gasteiger partial charge in [0, 0.05) is 0 Å². The van der Waals surface area contributed by atoms with Crippen LogP contribution in [-0.4, -0.2) is 16.7 Å². The third-order valence-corrected chi connectivity index (χ3v) is 2.75. The van der Waals surface area contributed by atoms with Gasteiger partial charge in [-0.15, -0.1) is 0 Å². The molecule has 2 rings (SSSR count). The van der Waals surface area contributed by atoms with Crippen LogP contribution < -0.4 is 11.1 Å². The van der Waals surface area contributed by atoms with Gasteiger partial charge in [0.2, 0.25) is 0 Å². The Morgan fingerprint density at radius 1 is 1.44 bits per heavy atom. The van der Waals surface area contributed by atoms with Crippen molar-refractivity contribution in [2.24, 2.45) is 0 Å². The fraction of sp³-hybridized carbons (Fsp3) is 0.500. The van der Waals surface area contributed by atoms with Crippen LogP contribution in [0, 0.1) is 6.92 Å². The first-order valence-electron chi connectivity index (χ1n) is 4.91. The van der Waals surface area contributed by atoms with E-state index in [0.717, 1.165) is 0 Å². The highest BCUT2D eigenvalue weighted by Crippen LogP contribution is 2.51. The summed E-state index contributed by atoms with van der Waals surface area (Å²) in [4.78, 5) is 3.88. The van der Waals surface area contributed by atoms with Gasteiger partial charge in [-0.2, -0.15) is 13.2 Å². The highest BCUT2D eigenvalue weighted by atomic mass is 19.4. The maximum Gasteiger partial charge on any atom is 0.411 e. The zero-order valence-electron chi connectivity index (χ0n) is 8.73. The molecule has 1 saturated carbocycles. The SMILES string of the molecule is Cc1cc(N)cnc1NC1(C(F)(F)F)CC1. The number of alkyl halides is 3. The van der Waals surface area contributed by atoms with Gasteiger partial charge in [-0.1, -0.05) is 0 Å². The summed E-state index contributed by atoms with van der Waals surface area (Å²) in [6.07, 6.45) is -2.69. The number of nitrogen functional groups attached to an aromatic ring is 1. The maximum absolute atomic E-state index is 12.7. The third kappa shape index (κ3) is 1.79. The van der Waals surface area contributed by atoms with E-state index in [2.05, 4.69) is 10.3 Å². The van der Waals surface area contributed by atoms with Gasteiger partial charge in [0.05, 0.1) is 11.9 Å². The second kappa shape index (κ2) is 3.26. The number of aromatic nitrogens is 1. The van der Waals surface area contributed by atoms with E-state index in [1.807, 2.05) is 0 Å². The van der Waals surface area contributed by atoms with E-state index < -0.39 is 11.7 Å². The minimum absolute atomic E-state index is 0.0992. The summed E-state index contributed by atoms with van der Waals surface area (Å²) < 4.78 is 38.0. The van der Waals surface area contributed by atoms with Gasteiger partial charge in [-0.3, -0.25) is 0 Å². The van der Waals surface area contributed by atoms with E-state index in [0.29, 0.717) is 11.3 Å². The largest absolute Gasteiger partial charge is 0.411 e. The molecule has 0 radical (unpaired) electrons. The fourth-order valence-electron chi connectivity index (χ4n) is 1.56. The molecular formula is C10H12F3N3. The van der Waals surface area contributed by atoms with Crippen molar-refractivity contribution in [1.29, 1.82) is 0 Å². The minimum atomic E-state index is -4.23. The highest BCUT2D eigenvalue weighted by Gasteiger charge is 2.63. The topological polar surface area (TPSA) is 50.9 Å². The van der Waals surface area contributed by atoms with Crippen LogP contribution >= 0.6 is 0 Å². The predicted molar refractivity (Wildman–Crippen MR) is 55.0 cm³/mol. The summed E-state index contributed by atoms with van der Waals surface area (Å²) in [6, 6.07) is 1.60. The molecule has 0 spiro atoms. The van der Waals surface area contributed by atoms with Crippen molar-refractivity contribution >= 4 is 11.5 Å². The Morgan fingerprint density at radius 3 is 2.50 bits per heavy atom. The van der Waals surface area contributed by atoms with Crippen LogP contribution in [0.15, 0.2) is 12.3 Å². The molecule has 0 saturated heterocycles. The van der Waals surface area contributed by atoms with E-state index in [1.165, 1.54) is 6.20 Å². The zero-order chi connectivity index (χ0) is 12.0. The Morgan fingerprint density at radius 2 is 2.06 bits per heavy atom. The predicted octanol–water partition coefficient (Wildman–Crippen LogP) is 2.48. The van der Waals surface area contributed by atoms with Crippen molar-refractivity contribution in [1.82, 2.24) is 4.98 Å². The first-order chi connectivity index (χ1) is 7.34. The minimum Gasteiger partial charge on any atom is -0.397 e. The summed E-state index contributed by atoms with van der Waals surface area (Å²) in [5.74, 6) is 0.254. The smallest absolute Gasteiger partial charge is 0.397 e. The molecule has 3 nitrogen and oxygen atoms in total. The molecule has 16 heavy (non-hydrogen) atoms. The number of halogens is 3. The van der Waals surface area contributed by atoms with Crippen molar-refractivity contribution in [3.05, 3.63) is 17.8 Å². The lowest BCUT2D eigenvalue weighted by Crippen LogP contribution is -2.39. The zero-order valence-corrected chi connectivity index (χ0v) is 8.73. The molecule has 1 fully saturated rings. The molecule has 0 atom stereocenters. The van der Waals surface area contributed by atoms with E-state index in [4.69, 9.17) is 5.73 Å². The standard InChI is InChI=1S/C10H12F3N3/c1-6-4-7(14)5-15-8(6)16-9(2-3-9)10(11,12)13/h4-5H,2-3,14H2,1H3,(H,15,16). The number of nitrogens with two attached hydrogens (primary N) is 1. The van der Waals surface area contributed by atoms with Crippen LogP contribution in [0.1, 0.15) is 18.4 Å². The van der Waals surface area contributed by atoms with E-state index in [9.17, 15) is 13.2 Å². The average Bonchev–Trinajstić information content (AvgIpc) is 2.90. The Kier molecular flexibility index (Phi) is 2.25. The normalized spacial score (nSPS) is 18.2. The maximum atomic E-state index is 12.7. The molecule has 1 aliphatic carbocycles. The van der Waals surface area contributed by atoms with E-state index in [-0.39, 0.29) is 18.7 Å². The monoisotopic (exact) mass is 231 g/mol. The number of hydrogen-bond acceptors (Lipinski definition) is 3. The van der Waals surface area contributed by atoms with Crippen LogP contribution in [0.4, 0.5) is 24.7 Å². The average molecular weight is 231 g/mol. The number of anilines is 2. The van der Waals surface area contributed by atoms with Crippen molar-refractivity contribution in [2.45, 2.75) is 31.5 Å². The first-order valence-corrected chi connectivity index (χ1v) is 4.91. The van der Waals surface area contributed by atoms with Gasteiger partial charge in [-0.05, 0) is 31.4 Å². The molecule has 1 aromatic heterocycles. The Bertz CT molecular complexity index is 410. The van der Waals surface area contributed by atoms with Crippen molar-refractivity contribution in [2.75, 3.05) is 11.1 Å². The molecule has 0 unspecified atom stereocenters. The van der Waals surface area contributed by atoms with Gasteiger partial charge >= 0.3 is 6.18 Å². The van der Waals surface area contributed by atoms with Crippen LogP contribution in [0.2, 0.25) is 0 Å². The second-order valence-corrected chi connectivity index (χ2v) is 4.14. The molecule has 88 valence electrons. The van der Waals surface area contributed by atoms with Crippen molar-refractivity contribution < 1.29 is 13.2 Å². The number of pyridine rings is 1. The highest BCUT2D eigenvalue weighted by molar-refractivity contribution is 5.53. The molecule has 1 aliphatic rings. The van der Waals surface area contributed by atoms with Gasteiger partial charge in [0.15, 0.2) is 0 Å².